The second-order valence-corrected chi connectivity index (χ2v) is 3.96. The average molecular weight is 168 g/mol. The summed E-state index contributed by atoms with van der Waals surface area (Å²) in [4.78, 5) is 11.0. The van der Waals surface area contributed by atoms with E-state index in [0.29, 0.717) is 11.8 Å². The molecule has 0 aliphatic carbocycles. The molecule has 0 aromatic carbocycles. The Morgan fingerprint density at radius 2 is 1.92 bits per heavy atom. The second kappa shape index (κ2) is 3.30. The Kier molecular flexibility index (Phi) is 2.55. The molecular formula is C10H16O2. The van der Waals surface area contributed by atoms with Gasteiger partial charge in [-0.3, -0.25) is 4.79 Å². The minimum absolute atomic E-state index is 0.0207. The second-order valence-electron chi connectivity index (χ2n) is 3.96. The zero-order valence-corrected chi connectivity index (χ0v) is 8.13. The smallest absolute Gasteiger partial charge is 0.321 e. The van der Waals surface area contributed by atoms with Crippen LogP contribution < -0.4 is 0 Å². The van der Waals surface area contributed by atoms with Gasteiger partial charge >= 0.3 is 5.97 Å². The van der Waals surface area contributed by atoms with E-state index in [-0.39, 0.29) is 11.9 Å². The monoisotopic (exact) mass is 168 g/mol. The predicted molar refractivity (Wildman–Crippen MR) is 47.3 cm³/mol. The highest BCUT2D eigenvalue weighted by molar-refractivity contribution is 5.83. The van der Waals surface area contributed by atoms with Crippen LogP contribution in [0.2, 0.25) is 0 Å². The molecule has 12 heavy (non-hydrogen) atoms. The highest BCUT2D eigenvalue weighted by atomic mass is 16.6. The molecule has 1 aliphatic heterocycles. The van der Waals surface area contributed by atoms with Gasteiger partial charge in [0.2, 0.25) is 0 Å². The Labute approximate surface area is 73.6 Å². The van der Waals surface area contributed by atoms with Crippen LogP contribution in [0.1, 0.15) is 27.7 Å². The van der Waals surface area contributed by atoms with Crippen molar-refractivity contribution in [1.82, 2.24) is 0 Å². The van der Waals surface area contributed by atoms with E-state index in [4.69, 9.17) is 4.74 Å². The third-order valence-electron chi connectivity index (χ3n) is 1.94. The first-order valence-corrected chi connectivity index (χ1v) is 4.45. The molecule has 1 atom stereocenters. The lowest BCUT2D eigenvalue weighted by molar-refractivity contribution is -0.159. The largest absolute Gasteiger partial charge is 0.430 e. The van der Waals surface area contributed by atoms with Gasteiger partial charge in [0, 0.05) is 0 Å². The zero-order valence-electron chi connectivity index (χ0n) is 8.13. The zero-order chi connectivity index (χ0) is 9.30. The van der Waals surface area contributed by atoms with Gasteiger partial charge in [0.15, 0.2) is 0 Å². The van der Waals surface area contributed by atoms with Crippen LogP contribution in [0.5, 0.6) is 0 Å². The van der Waals surface area contributed by atoms with Crippen LogP contribution in [-0.4, -0.2) is 5.97 Å². The lowest BCUT2D eigenvalue weighted by Crippen LogP contribution is -2.36. The van der Waals surface area contributed by atoms with Gasteiger partial charge in [-0.2, -0.15) is 0 Å². The molecule has 1 aliphatic rings. The van der Waals surface area contributed by atoms with Gasteiger partial charge in [-0.15, -0.1) is 0 Å². The summed E-state index contributed by atoms with van der Waals surface area (Å²) in [7, 11) is 0. The van der Waals surface area contributed by atoms with E-state index in [0.717, 1.165) is 5.76 Å². The molecule has 0 bridgehead atoms. The third kappa shape index (κ3) is 1.68. The molecule has 0 aromatic heterocycles. The van der Waals surface area contributed by atoms with Gasteiger partial charge < -0.3 is 4.74 Å². The lowest BCUT2D eigenvalue weighted by atomic mass is 9.88. The third-order valence-corrected chi connectivity index (χ3v) is 1.94. The van der Waals surface area contributed by atoms with E-state index in [2.05, 4.69) is 13.8 Å². The minimum Gasteiger partial charge on any atom is -0.430 e. The maximum absolute atomic E-state index is 11.0. The summed E-state index contributed by atoms with van der Waals surface area (Å²) < 4.78 is 4.95. The maximum atomic E-state index is 11.0. The summed E-state index contributed by atoms with van der Waals surface area (Å²) >= 11 is 0. The fraction of sp³-hybridized carbons (Fsp3) is 0.700. The SMILES string of the molecule is CC(C)/C=C1/OC(=O)[C@@H]1C(C)C. The molecule has 1 heterocycles. The van der Waals surface area contributed by atoms with E-state index in [1.54, 1.807) is 0 Å². The minimum atomic E-state index is -0.0723. The Bertz CT molecular complexity index is 214. The van der Waals surface area contributed by atoms with Crippen molar-refractivity contribution in [3.05, 3.63) is 11.8 Å². The van der Waals surface area contributed by atoms with Crippen LogP contribution in [0, 0.1) is 17.8 Å². The summed E-state index contributed by atoms with van der Waals surface area (Å²) in [6.45, 7) is 8.24. The number of esters is 1. The number of rotatable bonds is 2. The first-order valence-electron chi connectivity index (χ1n) is 4.45. The molecule has 68 valence electrons. The van der Waals surface area contributed by atoms with Crippen molar-refractivity contribution < 1.29 is 9.53 Å². The van der Waals surface area contributed by atoms with Gasteiger partial charge in [-0.05, 0) is 17.9 Å². The van der Waals surface area contributed by atoms with Gasteiger partial charge in [-0.25, -0.2) is 0 Å². The topological polar surface area (TPSA) is 26.3 Å². The maximum Gasteiger partial charge on any atom is 0.321 e. The van der Waals surface area contributed by atoms with Crippen LogP contribution in [0.25, 0.3) is 0 Å². The van der Waals surface area contributed by atoms with Crippen molar-refractivity contribution in [2.24, 2.45) is 17.8 Å². The predicted octanol–water partition coefficient (Wildman–Crippen LogP) is 2.36. The fourth-order valence-corrected chi connectivity index (χ4v) is 1.37. The quantitative estimate of drug-likeness (QED) is 0.592. The molecule has 1 fully saturated rings. The number of ether oxygens (including phenoxy) is 1. The first-order chi connectivity index (χ1) is 5.52. The normalized spacial score (nSPS) is 26.3. The highest BCUT2D eigenvalue weighted by Gasteiger charge is 2.39. The van der Waals surface area contributed by atoms with Crippen LogP contribution in [0.15, 0.2) is 11.8 Å². The van der Waals surface area contributed by atoms with Crippen LogP contribution in [0.4, 0.5) is 0 Å². The summed E-state index contributed by atoms with van der Waals surface area (Å²) in [6, 6.07) is 0. The molecule has 0 radical (unpaired) electrons. The summed E-state index contributed by atoms with van der Waals surface area (Å²) in [5, 5.41) is 0. The Hall–Kier alpha value is -0.790. The van der Waals surface area contributed by atoms with Crippen LogP contribution >= 0.6 is 0 Å². The van der Waals surface area contributed by atoms with Crippen molar-refractivity contribution in [2.45, 2.75) is 27.7 Å². The molecule has 2 heteroatoms. The molecule has 2 nitrogen and oxygen atoms in total. The van der Waals surface area contributed by atoms with Gasteiger partial charge in [0.1, 0.15) is 11.7 Å². The number of hydrogen-bond acceptors (Lipinski definition) is 2. The molecule has 1 saturated heterocycles. The molecule has 0 spiro atoms. The Morgan fingerprint density at radius 1 is 1.33 bits per heavy atom. The number of hydrogen-bond donors (Lipinski definition) is 0. The van der Waals surface area contributed by atoms with Crippen molar-refractivity contribution in [1.29, 1.82) is 0 Å². The summed E-state index contributed by atoms with van der Waals surface area (Å²) in [5.41, 5.74) is 0. The van der Waals surface area contributed by atoms with E-state index in [1.807, 2.05) is 19.9 Å². The summed E-state index contributed by atoms with van der Waals surface area (Å²) in [6.07, 6.45) is 2.02. The first kappa shape index (κ1) is 9.30. The van der Waals surface area contributed by atoms with Crippen molar-refractivity contribution in [3.63, 3.8) is 0 Å². The Balaban J connectivity index is 2.66. The number of carbonyl (C=O) groups is 1. The van der Waals surface area contributed by atoms with E-state index < -0.39 is 0 Å². The van der Waals surface area contributed by atoms with E-state index in [1.165, 1.54) is 0 Å². The van der Waals surface area contributed by atoms with Gasteiger partial charge in [0.25, 0.3) is 0 Å². The molecule has 0 amide bonds. The van der Waals surface area contributed by atoms with Crippen LogP contribution in [0.3, 0.4) is 0 Å². The number of cyclic esters (lactones) is 1. The average Bonchev–Trinajstić information content (AvgIpc) is 1.82. The molecule has 0 N–H and O–H groups in total. The molecular weight excluding hydrogens is 152 g/mol. The highest BCUT2D eigenvalue weighted by Crippen LogP contribution is 2.33. The van der Waals surface area contributed by atoms with E-state index in [9.17, 15) is 4.79 Å². The Morgan fingerprint density at radius 3 is 2.25 bits per heavy atom. The molecule has 0 unspecified atom stereocenters. The molecule has 0 aromatic rings. The van der Waals surface area contributed by atoms with Crippen molar-refractivity contribution in [2.75, 3.05) is 0 Å². The van der Waals surface area contributed by atoms with E-state index >= 15 is 0 Å². The number of allylic oxidation sites excluding steroid dienone is 1. The van der Waals surface area contributed by atoms with Crippen LogP contribution in [-0.2, 0) is 9.53 Å². The summed E-state index contributed by atoms with van der Waals surface area (Å²) in [5.74, 6) is 1.62. The van der Waals surface area contributed by atoms with Gasteiger partial charge in [0.05, 0.1) is 0 Å². The molecule has 0 saturated carbocycles. The van der Waals surface area contributed by atoms with Gasteiger partial charge in [-0.1, -0.05) is 27.7 Å². The fourth-order valence-electron chi connectivity index (χ4n) is 1.37. The lowest BCUT2D eigenvalue weighted by Gasteiger charge is -2.31. The standard InChI is InChI=1S/C10H16O2/c1-6(2)5-8-9(7(3)4)10(11)12-8/h5-7,9H,1-4H3/b8-5+/t9-/m1/s1. The number of carbonyl (C=O) groups excluding carboxylic acids is 1. The van der Waals surface area contributed by atoms with Crippen molar-refractivity contribution in [3.8, 4) is 0 Å². The van der Waals surface area contributed by atoms with Crippen molar-refractivity contribution >= 4 is 5.97 Å². The molecule has 1 rings (SSSR count).